The van der Waals surface area contributed by atoms with Crippen LogP contribution >= 0.6 is 0 Å². The number of benzene rings is 2. The maximum atomic E-state index is 11.8. The third-order valence-corrected chi connectivity index (χ3v) is 4.64. The lowest BCUT2D eigenvalue weighted by atomic mass is 10.0. The predicted octanol–water partition coefficient (Wildman–Crippen LogP) is 3.75. The fraction of sp³-hybridized carbons (Fsp3) is 0.318. The van der Waals surface area contributed by atoms with E-state index in [-0.39, 0.29) is 0 Å². The number of aromatic amines is 1. The Bertz CT molecular complexity index is 935. The Hall–Kier alpha value is -2.99. The lowest BCUT2D eigenvalue weighted by Gasteiger charge is -2.16. The lowest BCUT2D eigenvalue weighted by molar-refractivity contribution is -0.139. The molecule has 0 bridgehead atoms. The van der Waals surface area contributed by atoms with E-state index >= 15 is 0 Å². The number of ether oxygens (including phenoxy) is 2. The maximum Gasteiger partial charge on any atom is 0.321 e. The van der Waals surface area contributed by atoms with Crippen LogP contribution in [0.15, 0.2) is 48.7 Å². The predicted molar refractivity (Wildman–Crippen MR) is 109 cm³/mol. The first-order valence-electron chi connectivity index (χ1n) is 9.43. The summed E-state index contributed by atoms with van der Waals surface area (Å²) < 4.78 is 11.1. The van der Waals surface area contributed by atoms with Crippen LogP contribution in [0.25, 0.3) is 10.9 Å². The number of methoxy groups -OCH3 is 1. The van der Waals surface area contributed by atoms with Gasteiger partial charge in [0.2, 0.25) is 0 Å². The minimum atomic E-state index is -0.875. The van der Waals surface area contributed by atoms with Gasteiger partial charge in [-0.2, -0.15) is 0 Å². The second-order valence-electron chi connectivity index (χ2n) is 6.67. The summed E-state index contributed by atoms with van der Waals surface area (Å²) in [6.07, 6.45) is 3.19. The Morgan fingerprint density at radius 3 is 2.79 bits per heavy atom. The van der Waals surface area contributed by atoms with Crippen molar-refractivity contribution in [2.45, 2.75) is 32.4 Å². The van der Waals surface area contributed by atoms with Crippen LogP contribution in [0, 0.1) is 0 Å². The highest BCUT2D eigenvalue weighted by atomic mass is 16.5. The van der Waals surface area contributed by atoms with E-state index in [4.69, 9.17) is 9.47 Å². The molecule has 0 amide bonds. The molecule has 1 atom stereocenters. The van der Waals surface area contributed by atoms with E-state index in [9.17, 15) is 9.90 Å². The number of H-pyrrole nitrogens is 1. The first-order valence-corrected chi connectivity index (χ1v) is 9.43. The SMILES string of the molecule is CCCOc1ccc(CNC(Cc2c[nH]c3ccccc23)C(=O)O)cc1OC. The van der Waals surface area contributed by atoms with Crippen molar-refractivity contribution in [1.29, 1.82) is 0 Å². The topological polar surface area (TPSA) is 83.6 Å². The third kappa shape index (κ3) is 4.64. The van der Waals surface area contributed by atoms with E-state index in [0.717, 1.165) is 28.5 Å². The molecule has 3 aromatic rings. The summed E-state index contributed by atoms with van der Waals surface area (Å²) in [7, 11) is 1.60. The van der Waals surface area contributed by atoms with Gasteiger partial charge in [-0.15, -0.1) is 0 Å². The number of aromatic nitrogens is 1. The summed E-state index contributed by atoms with van der Waals surface area (Å²) in [6.45, 7) is 3.09. The van der Waals surface area contributed by atoms with Crippen LogP contribution in [0.2, 0.25) is 0 Å². The average molecular weight is 382 g/mol. The van der Waals surface area contributed by atoms with Crippen molar-refractivity contribution in [3.8, 4) is 11.5 Å². The number of aliphatic carboxylic acids is 1. The molecule has 148 valence electrons. The highest BCUT2D eigenvalue weighted by molar-refractivity contribution is 5.84. The van der Waals surface area contributed by atoms with Gasteiger partial charge in [0.25, 0.3) is 0 Å². The van der Waals surface area contributed by atoms with Gasteiger partial charge in [-0.05, 0) is 35.7 Å². The van der Waals surface area contributed by atoms with Gasteiger partial charge in [0.1, 0.15) is 6.04 Å². The molecule has 1 heterocycles. The smallest absolute Gasteiger partial charge is 0.321 e. The van der Waals surface area contributed by atoms with Crippen LogP contribution in [0.3, 0.4) is 0 Å². The molecule has 1 unspecified atom stereocenters. The molecule has 0 aliphatic carbocycles. The maximum absolute atomic E-state index is 11.8. The molecular weight excluding hydrogens is 356 g/mol. The number of fused-ring (bicyclic) bond motifs is 1. The highest BCUT2D eigenvalue weighted by Gasteiger charge is 2.19. The number of hydrogen-bond donors (Lipinski definition) is 3. The van der Waals surface area contributed by atoms with Crippen LogP contribution in [-0.4, -0.2) is 35.8 Å². The second-order valence-corrected chi connectivity index (χ2v) is 6.67. The number of carbonyl (C=O) groups is 1. The molecule has 0 saturated heterocycles. The van der Waals surface area contributed by atoms with Crippen molar-refractivity contribution in [2.75, 3.05) is 13.7 Å². The van der Waals surface area contributed by atoms with E-state index in [1.165, 1.54) is 0 Å². The van der Waals surface area contributed by atoms with Crippen molar-refractivity contribution < 1.29 is 19.4 Å². The Balaban J connectivity index is 1.69. The van der Waals surface area contributed by atoms with E-state index in [0.29, 0.717) is 31.1 Å². The Labute approximate surface area is 164 Å². The van der Waals surface area contributed by atoms with Crippen molar-refractivity contribution >= 4 is 16.9 Å². The summed E-state index contributed by atoms with van der Waals surface area (Å²) in [5.74, 6) is 0.470. The molecule has 6 nitrogen and oxygen atoms in total. The zero-order chi connectivity index (χ0) is 19.9. The average Bonchev–Trinajstić information content (AvgIpc) is 3.12. The fourth-order valence-corrected chi connectivity index (χ4v) is 3.16. The van der Waals surface area contributed by atoms with Gasteiger partial charge in [-0.25, -0.2) is 0 Å². The summed E-state index contributed by atoms with van der Waals surface area (Å²) in [5.41, 5.74) is 2.93. The van der Waals surface area contributed by atoms with Crippen LogP contribution in [0.5, 0.6) is 11.5 Å². The number of hydrogen-bond acceptors (Lipinski definition) is 4. The van der Waals surface area contributed by atoms with Crippen molar-refractivity contribution in [3.63, 3.8) is 0 Å². The number of carboxylic acids is 1. The largest absolute Gasteiger partial charge is 0.493 e. The number of rotatable bonds is 10. The van der Waals surface area contributed by atoms with E-state index in [1.807, 2.05) is 55.6 Å². The van der Waals surface area contributed by atoms with Gasteiger partial charge in [0.05, 0.1) is 13.7 Å². The minimum absolute atomic E-state index is 0.397. The molecule has 0 spiro atoms. The first kappa shape index (κ1) is 19.8. The van der Waals surface area contributed by atoms with Gasteiger partial charge < -0.3 is 24.9 Å². The van der Waals surface area contributed by atoms with Crippen LogP contribution in [0.1, 0.15) is 24.5 Å². The Morgan fingerprint density at radius 2 is 2.04 bits per heavy atom. The van der Waals surface area contributed by atoms with Crippen LogP contribution in [-0.2, 0) is 17.8 Å². The molecule has 0 fully saturated rings. The number of carboxylic acid groups (broad SMARTS) is 1. The first-order chi connectivity index (χ1) is 13.6. The molecule has 2 aromatic carbocycles. The van der Waals surface area contributed by atoms with Gasteiger partial charge in [0.15, 0.2) is 11.5 Å². The number of nitrogens with one attached hydrogen (secondary N) is 2. The summed E-state index contributed by atoms with van der Waals surface area (Å²) >= 11 is 0. The molecular formula is C22H26N2O4. The molecule has 0 saturated carbocycles. The zero-order valence-electron chi connectivity index (χ0n) is 16.2. The molecule has 3 rings (SSSR count). The quantitative estimate of drug-likeness (QED) is 0.497. The van der Waals surface area contributed by atoms with Gasteiger partial charge in [-0.1, -0.05) is 31.2 Å². The van der Waals surface area contributed by atoms with Gasteiger partial charge in [-0.3, -0.25) is 4.79 Å². The fourth-order valence-electron chi connectivity index (χ4n) is 3.16. The van der Waals surface area contributed by atoms with E-state index in [2.05, 4.69) is 10.3 Å². The van der Waals surface area contributed by atoms with Crippen molar-refractivity contribution in [1.82, 2.24) is 10.3 Å². The summed E-state index contributed by atoms with van der Waals surface area (Å²) in [4.78, 5) is 15.0. The van der Waals surface area contributed by atoms with Gasteiger partial charge in [0, 0.05) is 30.1 Å². The molecule has 3 N–H and O–H groups in total. The monoisotopic (exact) mass is 382 g/mol. The second kappa shape index (κ2) is 9.28. The molecule has 0 radical (unpaired) electrons. The molecule has 1 aromatic heterocycles. The van der Waals surface area contributed by atoms with Crippen molar-refractivity contribution in [2.24, 2.45) is 0 Å². The summed E-state index contributed by atoms with van der Waals surface area (Å²) in [5, 5.41) is 13.8. The summed E-state index contributed by atoms with van der Waals surface area (Å²) in [6, 6.07) is 12.9. The molecule has 0 aliphatic heterocycles. The minimum Gasteiger partial charge on any atom is -0.493 e. The molecule has 6 heteroatoms. The number of para-hydroxylation sites is 1. The van der Waals surface area contributed by atoms with Crippen molar-refractivity contribution in [3.05, 3.63) is 59.8 Å². The molecule has 28 heavy (non-hydrogen) atoms. The van der Waals surface area contributed by atoms with Crippen LogP contribution in [0.4, 0.5) is 0 Å². The lowest BCUT2D eigenvalue weighted by Crippen LogP contribution is -2.38. The van der Waals surface area contributed by atoms with Gasteiger partial charge >= 0.3 is 5.97 Å². The standard InChI is InChI=1S/C22H26N2O4/c1-3-10-28-20-9-8-15(11-21(20)27-2)13-23-19(22(25)26)12-16-14-24-18-7-5-4-6-17(16)18/h4-9,11,14,19,23-24H,3,10,12-13H2,1-2H3,(H,25,26). The highest BCUT2D eigenvalue weighted by Crippen LogP contribution is 2.28. The Morgan fingerprint density at radius 1 is 1.21 bits per heavy atom. The normalized spacial score (nSPS) is 12.1. The van der Waals surface area contributed by atoms with E-state index in [1.54, 1.807) is 7.11 Å². The Kier molecular flexibility index (Phi) is 6.55. The third-order valence-electron chi connectivity index (χ3n) is 4.64. The molecule has 0 aliphatic rings. The zero-order valence-corrected chi connectivity index (χ0v) is 16.2. The van der Waals surface area contributed by atoms with E-state index < -0.39 is 12.0 Å². The van der Waals surface area contributed by atoms with Crippen LogP contribution < -0.4 is 14.8 Å².